The molecule has 4 aliphatic carbocycles. The van der Waals surface area contributed by atoms with Gasteiger partial charge in [-0.2, -0.15) is 0 Å². The summed E-state index contributed by atoms with van der Waals surface area (Å²) in [7, 11) is 4.65. The lowest BCUT2D eigenvalue weighted by atomic mass is 9.41. The highest BCUT2D eigenvalue weighted by molar-refractivity contribution is 5.89. The molecule has 17 heteroatoms. The van der Waals surface area contributed by atoms with Crippen molar-refractivity contribution in [3.8, 4) is 0 Å². The molecule has 0 unspecified atom stereocenters. The standard InChI is InChI=1S/C51H78O17/c1-25(52)33-19-21-51(57)34-17-16-31-22-32(18-20-49(31,6)39(34)44(64-29(5)53)46(50(33,51)7)68-47(56)30-14-12-11-13-15-30)65-37-23-35(58-8)42(27(3)61-37)66-38-24-36(59-9)43(28(4)62-38)67-48-41(55)45(60-10)40(54)26(2)63-48/h11-15,25-28,31-46,48,52,54-55,57H,16-24H2,1-10H3/t25-,26+,27+,28+,31+,32-,33+,34+,35-,36+,37-,38-,39+,40+,41+,42+,43+,44-,45+,46+,48-,49-,50-,51-/m0/s1. The third-order valence-electron chi connectivity index (χ3n) is 17.9. The van der Waals surface area contributed by atoms with Gasteiger partial charge in [-0.3, -0.25) is 4.79 Å². The number of fused-ring (bicyclic) bond motifs is 5. The summed E-state index contributed by atoms with van der Waals surface area (Å²) in [5, 5.41) is 45.8. The van der Waals surface area contributed by atoms with Gasteiger partial charge in [0.05, 0.1) is 53.9 Å². The molecule has 3 saturated heterocycles. The van der Waals surface area contributed by atoms with Crippen molar-refractivity contribution in [1.82, 2.24) is 0 Å². The van der Waals surface area contributed by atoms with Gasteiger partial charge in [-0.25, -0.2) is 4.79 Å². The molecule has 0 bridgehead atoms. The van der Waals surface area contributed by atoms with E-state index in [0.717, 1.165) is 19.3 Å². The second-order valence-electron chi connectivity index (χ2n) is 21.5. The number of hydrogen-bond donors (Lipinski definition) is 4. The highest BCUT2D eigenvalue weighted by atomic mass is 16.8. The quantitative estimate of drug-likeness (QED) is 0.159. The highest BCUT2D eigenvalue weighted by Crippen LogP contribution is 2.70. The second-order valence-corrected chi connectivity index (χ2v) is 21.5. The van der Waals surface area contributed by atoms with Crippen molar-refractivity contribution in [2.45, 2.75) is 216 Å². The number of benzene rings is 1. The maximum atomic E-state index is 14.0. The fourth-order valence-corrected chi connectivity index (χ4v) is 14.4. The van der Waals surface area contributed by atoms with E-state index in [1.165, 1.54) is 14.0 Å². The molecule has 3 heterocycles. The molecule has 384 valence electrons. The van der Waals surface area contributed by atoms with Gasteiger partial charge in [0.15, 0.2) is 18.9 Å². The number of carbonyl (C=O) groups excluding carboxylic acids is 2. The van der Waals surface area contributed by atoms with Gasteiger partial charge in [0.1, 0.15) is 42.7 Å². The lowest BCUT2D eigenvalue weighted by Gasteiger charge is -2.67. The van der Waals surface area contributed by atoms with E-state index in [2.05, 4.69) is 6.92 Å². The van der Waals surface area contributed by atoms with Gasteiger partial charge in [-0.15, -0.1) is 0 Å². The monoisotopic (exact) mass is 963 g/mol. The first-order valence-electron chi connectivity index (χ1n) is 25.0. The Morgan fingerprint density at radius 1 is 0.721 bits per heavy atom. The van der Waals surface area contributed by atoms with E-state index in [1.807, 2.05) is 26.8 Å². The number of hydrogen-bond acceptors (Lipinski definition) is 17. The molecule has 4 N–H and O–H groups in total. The first-order valence-corrected chi connectivity index (χ1v) is 25.0. The Morgan fingerprint density at radius 2 is 1.35 bits per heavy atom. The molecule has 68 heavy (non-hydrogen) atoms. The van der Waals surface area contributed by atoms with Gasteiger partial charge in [0.2, 0.25) is 0 Å². The zero-order valence-corrected chi connectivity index (χ0v) is 41.5. The van der Waals surface area contributed by atoms with Crippen LogP contribution in [-0.2, 0) is 56.9 Å². The number of rotatable bonds is 13. The molecule has 24 atom stereocenters. The molecule has 8 rings (SSSR count). The zero-order valence-electron chi connectivity index (χ0n) is 41.5. The van der Waals surface area contributed by atoms with Crippen molar-refractivity contribution in [2.75, 3.05) is 21.3 Å². The lowest BCUT2D eigenvalue weighted by molar-refractivity contribution is -0.352. The van der Waals surface area contributed by atoms with Gasteiger partial charge < -0.3 is 72.5 Å². The third kappa shape index (κ3) is 9.33. The summed E-state index contributed by atoms with van der Waals surface area (Å²) in [4.78, 5) is 27.1. The summed E-state index contributed by atoms with van der Waals surface area (Å²) in [5.74, 6) is -1.90. The van der Waals surface area contributed by atoms with Crippen molar-refractivity contribution in [1.29, 1.82) is 0 Å². The number of aliphatic hydroxyl groups excluding tert-OH is 3. The first-order chi connectivity index (χ1) is 32.3. The highest BCUT2D eigenvalue weighted by Gasteiger charge is 2.76. The van der Waals surface area contributed by atoms with Crippen LogP contribution in [0.3, 0.4) is 0 Å². The summed E-state index contributed by atoms with van der Waals surface area (Å²) in [5.41, 5.74) is -2.43. The van der Waals surface area contributed by atoms with Crippen LogP contribution in [0.25, 0.3) is 0 Å². The molecule has 3 aliphatic heterocycles. The van der Waals surface area contributed by atoms with Gasteiger partial charge in [-0.1, -0.05) is 32.0 Å². The molecular formula is C51H78O17. The summed E-state index contributed by atoms with van der Waals surface area (Å²) in [6.45, 7) is 12.8. The van der Waals surface area contributed by atoms with Crippen LogP contribution in [0.5, 0.6) is 0 Å². The molecule has 0 aromatic heterocycles. The predicted octanol–water partition coefficient (Wildman–Crippen LogP) is 4.46. The van der Waals surface area contributed by atoms with Gasteiger partial charge in [-0.05, 0) is 108 Å². The van der Waals surface area contributed by atoms with E-state index in [1.54, 1.807) is 52.3 Å². The lowest BCUT2D eigenvalue weighted by Crippen LogP contribution is -2.73. The number of esters is 2. The smallest absolute Gasteiger partial charge is 0.338 e. The SMILES string of the molecule is CO[C@H]1[C@@H](O)[C@H](O[C@@H]2[C@@H](C)O[C@@H](O[C@H]3[C@@H](OC)C[C@H](O[C@H]4CC[C@@]5(C)[C@H](CC[C@@H]6[C@@H]5[C@H](OC(C)=O)[C@@H](OC(=O)c5ccccc5)[C@]5(C)[C@@H]([C@H](C)O)CC[C@]65O)C4)O[C@@H]3C)C[C@H]2OC)O[C@H](C)[C@H]1O. The minimum absolute atomic E-state index is 0.139. The minimum Gasteiger partial charge on any atom is -0.458 e. The van der Waals surface area contributed by atoms with E-state index in [9.17, 15) is 30.0 Å². The van der Waals surface area contributed by atoms with E-state index >= 15 is 0 Å². The maximum absolute atomic E-state index is 14.0. The molecule has 7 aliphatic rings. The molecule has 0 spiro atoms. The normalized spacial score (nSPS) is 48.6. The van der Waals surface area contributed by atoms with Crippen LogP contribution in [0.4, 0.5) is 0 Å². The van der Waals surface area contributed by atoms with Crippen LogP contribution < -0.4 is 0 Å². The number of ether oxygens (including phenoxy) is 11. The van der Waals surface area contributed by atoms with Crippen LogP contribution in [0.15, 0.2) is 30.3 Å². The second kappa shape index (κ2) is 20.6. The number of methoxy groups -OCH3 is 3. The Kier molecular flexibility index (Phi) is 15.8. The van der Waals surface area contributed by atoms with Crippen LogP contribution in [0, 0.1) is 34.5 Å². The first kappa shape index (κ1) is 52.0. The van der Waals surface area contributed by atoms with E-state index in [-0.39, 0.29) is 30.0 Å². The molecule has 1 aromatic rings. The number of aliphatic hydroxyl groups is 4. The van der Waals surface area contributed by atoms with Crippen LogP contribution in [0.2, 0.25) is 0 Å². The Morgan fingerprint density at radius 3 is 1.96 bits per heavy atom. The summed E-state index contributed by atoms with van der Waals surface area (Å²) in [6.07, 6.45) is -6.50. The summed E-state index contributed by atoms with van der Waals surface area (Å²) >= 11 is 0. The average molecular weight is 963 g/mol. The predicted molar refractivity (Wildman–Crippen MR) is 242 cm³/mol. The zero-order chi connectivity index (χ0) is 49.0. The van der Waals surface area contributed by atoms with Gasteiger partial charge in [0, 0.05) is 52.4 Å². The van der Waals surface area contributed by atoms with E-state index in [4.69, 9.17) is 52.1 Å². The van der Waals surface area contributed by atoms with Crippen molar-refractivity contribution in [3.05, 3.63) is 35.9 Å². The fourth-order valence-electron chi connectivity index (χ4n) is 14.4. The Hall–Kier alpha value is -2.36. The third-order valence-corrected chi connectivity index (χ3v) is 17.9. The van der Waals surface area contributed by atoms with Crippen molar-refractivity contribution in [3.63, 3.8) is 0 Å². The molecule has 7 fully saturated rings. The van der Waals surface area contributed by atoms with Crippen molar-refractivity contribution >= 4 is 11.9 Å². The molecule has 0 amide bonds. The van der Waals surface area contributed by atoms with Crippen molar-refractivity contribution < 1.29 is 82.1 Å². The van der Waals surface area contributed by atoms with Gasteiger partial charge in [0.25, 0.3) is 0 Å². The summed E-state index contributed by atoms with van der Waals surface area (Å²) < 4.78 is 68.6. The minimum atomic E-state index is -1.29. The molecule has 17 nitrogen and oxygen atoms in total. The molecule has 1 aromatic carbocycles. The number of carbonyl (C=O) groups is 2. The molecule has 4 saturated carbocycles. The Balaban J connectivity index is 0.935. The van der Waals surface area contributed by atoms with Gasteiger partial charge >= 0.3 is 11.9 Å². The van der Waals surface area contributed by atoms with E-state index < -0.39 is 126 Å². The maximum Gasteiger partial charge on any atom is 0.338 e. The van der Waals surface area contributed by atoms with Crippen LogP contribution >= 0.6 is 0 Å². The van der Waals surface area contributed by atoms with Crippen molar-refractivity contribution in [2.24, 2.45) is 34.5 Å². The summed E-state index contributed by atoms with van der Waals surface area (Å²) in [6, 6.07) is 8.72. The fraction of sp³-hybridized carbons (Fsp3) is 0.843. The van der Waals surface area contributed by atoms with E-state index in [0.29, 0.717) is 44.1 Å². The van der Waals surface area contributed by atoms with Crippen LogP contribution in [-0.4, -0.2) is 164 Å². The Labute approximate surface area is 401 Å². The Bertz CT molecular complexity index is 1870. The van der Waals surface area contributed by atoms with Crippen LogP contribution in [0.1, 0.15) is 117 Å². The topological polar surface area (TPSA) is 217 Å². The molecule has 0 radical (unpaired) electrons. The average Bonchev–Trinajstić information content (AvgIpc) is 3.59. The largest absolute Gasteiger partial charge is 0.458 e. The molecular weight excluding hydrogens is 885 g/mol.